The van der Waals surface area contributed by atoms with E-state index in [4.69, 9.17) is 21.7 Å². The third-order valence-electron chi connectivity index (χ3n) is 13.5. The van der Waals surface area contributed by atoms with Gasteiger partial charge in [-0.05, 0) is 77.6 Å². The molecular weight excluding hydrogens is 1110 g/mol. The Labute approximate surface area is 497 Å². The van der Waals surface area contributed by atoms with Crippen LogP contribution in [0.5, 0.6) is 0 Å². The predicted octanol–water partition coefficient (Wildman–Crippen LogP) is 0.622. The van der Waals surface area contributed by atoms with E-state index in [1.807, 2.05) is 13.8 Å². The number of amides is 10. The molecule has 0 unspecified atom stereocenters. The Hall–Kier alpha value is -7.46. The molecule has 85 heavy (non-hydrogen) atoms. The summed E-state index contributed by atoms with van der Waals surface area (Å²) in [7, 11) is 0. The topological polar surface area (TPSA) is 480 Å². The Bertz CT molecular complexity index is 2180. The van der Waals surface area contributed by atoms with Crippen LogP contribution in [0, 0.1) is 5.92 Å². The Morgan fingerprint density at radius 2 is 0.788 bits per heavy atom. The van der Waals surface area contributed by atoms with Crippen molar-refractivity contribution in [3.05, 3.63) is 0 Å². The fourth-order valence-corrected chi connectivity index (χ4v) is 8.56. The van der Waals surface area contributed by atoms with Crippen LogP contribution in [0.1, 0.15) is 202 Å². The molecule has 29 heteroatoms. The maximum absolute atomic E-state index is 13.5. The standard InChI is InChI=1S/C56H97N11O18/c1-6-7-8-9-10-11-12-13-14-15-16-17-18-22-45(70)64-41(55(82)83)24-28-44(69)59-31-20-19-21-38(54(81)67-42(56(84)85)26-30-48(74)75)65-50(77)36(5)61-49(76)35(4)62-53(80)40(23-27-43(58)68)63-46(71)33-60-52(79)39(25-29-47(72)73)66-51(78)37(57)32-34(2)3/h34-42H,6-33,57H2,1-5H3,(H2,58,68)(H,59,69)(H,60,79)(H,61,76)(H,62,80)(H,63,71)(H,64,70)(H,65,77)(H,66,78)(H,67,81)(H,72,73)(H,74,75)(H,82,83)(H,84,85)/t35-,36-,37-,38-,39-,40-,41-,42-/m0/s1. The van der Waals surface area contributed by atoms with Gasteiger partial charge in [-0.3, -0.25) is 57.5 Å². The zero-order valence-corrected chi connectivity index (χ0v) is 50.2. The minimum atomic E-state index is -1.68. The minimum absolute atomic E-state index is 0.0149. The summed E-state index contributed by atoms with van der Waals surface area (Å²) in [4.78, 5) is 175. The molecule has 0 aromatic heterocycles. The highest BCUT2D eigenvalue weighted by Gasteiger charge is 2.32. The van der Waals surface area contributed by atoms with Crippen molar-refractivity contribution in [3.8, 4) is 0 Å². The second kappa shape index (κ2) is 45.0. The first-order valence-corrected chi connectivity index (χ1v) is 29.7. The first-order chi connectivity index (χ1) is 40.1. The fraction of sp³-hybridized carbons (Fsp3) is 0.750. The van der Waals surface area contributed by atoms with Crippen LogP contribution >= 0.6 is 0 Å². The number of unbranched alkanes of at least 4 members (excludes halogenated alkanes) is 13. The molecule has 0 aromatic carbocycles. The van der Waals surface area contributed by atoms with Gasteiger partial charge in [0.1, 0.15) is 42.3 Å². The Morgan fingerprint density at radius 3 is 1.31 bits per heavy atom. The predicted molar refractivity (Wildman–Crippen MR) is 309 cm³/mol. The molecule has 10 amide bonds. The van der Waals surface area contributed by atoms with E-state index in [0.29, 0.717) is 6.42 Å². The van der Waals surface area contributed by atoms with E-state index < -0.39 is 164 Å². The molecule has 29 nitrogen and oxygen atoms in total. The number of nitrogens with two attached hydrogens (primary N) is 2. The molecule has 0 saturated heterocycles. The molecule has 0 heterocycles. The van der Waals surface area contributed by atoms with E-state index in [2.05, 4.69) is 54.8 Å². The van der Waals surface area contributed by atoms with Gasteiger partial charge in [-0.15, -0.1) is 0 Å². The van der Waals surface area contributed by atoms with E-state index in [9.17, 15) is 77.3 Å². The lowest BCUT2D eigenvalue weighted by Crippen LogP contribution is -2.58. The summed E-state index contributed by atoms with van der Waals surface area (Å²) in [6.07, 6.45) is 12.0. The Kier molecular flexibility index (Phi) is 41.0. The van der Waals surface area contributed by atoms with Gasteiger partial charge < -0.3 is 79.7 Å². The molecule has 0 spiro atoms. The highest BCUT2D eigenvalue weighted by Crippen LogP contribution is 2.14. The quantitative estimate of drug-likeness (QED) is 0.0371. The van der Waals surface area contributed by atoms with Gasteiger partial charge in [0.15, 0.2) is 0 Å². The van der Waals surface area contributed by atoms with Crippen LogP contribution in [-0.2, 0) is 67.1 Å². The molecule has 0 aliphatic rings. The van der Waals surface area contributed by atoms with Crippen molar-refractivity contribution in [2.45, 2.75) is 250 Å². The molecule has 0 saturated carbocycles. The second-order valence-corrected chi connectivity index (χ2v) is 21.8. The SMILES string of the molecule is CCCCCCCCCCCCCCCC(=O)N[C@@H](CCC(=O)NCCCC[C@H](NC(=O)[C@H](C)NC(=O)[C@H](C)NC(=O)[C@H](CCC(N)=O)NC(=O)CNC(=O)[C@H](CCC(=O)O)NC(=O)[C@@H](N)CC(C)C)C(=O)N[C@@H](CCC(=O)O)C(=O)O)C(=O)O. The number of carbonyl (C=O) groups excluding carboxylic acids is 10. The molecule has 484 valence electrons. The number of hydrogen-bond donors (Lipinski definition) is 15. The van der Waals surface area contributed by atoms with Gasteiger partial charge in [0.2, 0.25) is 59.1 Å². The van der Waals surface area contributed by atoms with Crippen molar-refractivity contribution in [1.82, 2.24) is 47.9 Å². The van der Waals surface area contributed by atoms with E-state index in [-0.39, 0.29) is 70.3 Å². The van der Waals surface area contributed by atoms with E-state index in [0.717, 1.165) is 25.7 Å². The summed E-state index contributed by atoms with van der Waals surface area (Å²) in [6, 6.07) is -11.3. The number of carbonyl (C=O) groups is 14. The molecule has 0 bridgehead atoms. The van der Waals surface area contributed by atoms with Crippen LogP contribution in [-0.4, -0.2) is 165 Å². The van der Waals surface area contributed by atoms with E-state index in [1.54, 1.807) is 0 Å². The minimum Gasteiger partial charge on any atom is -0.481 e. The summed E-state index contributed by atoms with van der Waals surface area (Å²) in [6.45, 7) is 7.46. The van der Waals surface area contributed by atoms with Gasteiger partial charge in [-0.2, -0.15) is 0 Å². The molecule has 0 fully saturated rings. The van der Waals surface area contributed by atoms with Crippen molar-refractivity contribution in [3.63, 3.8) is 0 Å². The highest BCUT2D eigenvalue weighted by molar-refractivity contribution is 5.97. The van der Waals surface area contributed by atoms with Gasteiger partial charge in [0, 0.05) is 38.6 Å². The molecular formula is C56H97N11O18. The molecule has 0 rings (SSSR count). The summed E-state index contributed by atoms with van der Waals surface area (Å²) < 4.78 is 0. The van der Waals surface area contributed by atoms with Gasteiger partial charge >= 0.3 is 23.9 Å². The smallest absolute Gasteiger partial charge is 0.326 e. The van der Waals surface area contributed by atoms with Crippen molar-refractivity contribution >= 4 is 82.9 Å². The molecule has 17 N–H and O–H groups in total. The third-order valence-corrected chi connectivity index (χ3v) is 13.5. The average molecular weight is 1210 g/mol. The number of rotatable bonds is 50. The van der Waals surface area contributed by atoms with Crippen molar-refractivity contribution in [2.24, 2.45) is 17.4 Å². The lowest BCUT2D eigenvalue weighted by Gasteiger charge is -2.24. The van der Waals surface area contributed by atoms with Gasteiger partial charge in [-0.25, -0.2) is 9.59 Å². The third kappa shape index (κ3) is 38.9. The largest absolute Gasteiger partial charge is 0.481 e. The molecule has 0 radical (unpaired) electrons. The number of hydrogen-bond acceptors (Lipinski definition) is 15. The average Bonchev–Trinajstić information content (AvgIpc) is 3.63. The molecule has 0 aromatic rings. The van der Waals surface area contributed by atoms with E-state index >= 15 is 0 Å². The fourth-order valence-electron chi connectivity index (χ4n) is 8.56. The first kappa shape index (κ1) is 77.5. The van der Waals surface area contributed by atoms with Crippen molar-refractivity contribution in [1.29, 1.82) is 0 Å². The van der Waals surface area contributed by atoms with Gasteiger partial charge in [-0.1, -0.05) is 97.8 Å². The number of carboxylic acid groups (broad SMARTS) is 4. The van der Waals surface area contributed by atoms with Crippen LogP contribution < -0.4 is 59.3 Å². The summed E-state index contributed by atoms with van der Waals surface area (Å²) in [5.74, 6) is -13.9. The van der Waals surface area contributed by atoms with Gasteiger partial charge in [0.05, 0.1) is 12.6 Å². The highest BCUT2D eigenvalue weighted by atomic mass is 16.4. The molecule has 0 aliphatic heterocycles. The lowest BCUT2D eigenvalue weighted by molar-refractivity contribution is -0.144. The number of carboxylic acids is 4. The van der Waals surface area contributed by atoms with Crippen LogP contribution in [0.15, 0.2) is 0 Å². The lowest BCUT2D eigenvalue weighted by atomic mass is 10.0. The Balaban J connectivity index is 5.57. The van der Waals surface area contributed by atoms with Crippen LogP contribution in [0.2, 0.25) is 0 Å². The number of aliphatic carboxylic acids is 4. The Morgan fingerprint density at radius 1 is 0.376 bits per heavy atom. The number of primary amides is 1. The summed E-state index contributed by atoms with van der Waals surface area (Å²) >= 11 is 0. The van der Waals surface area contributed by atoms with Crippen LogP contribution in [0.25, 0.3) is 0 Å². The maximum Gasteiger partial charge on any atom is 0.326 e. The van der Waals surface area contributed by atoms with E-state index in [1.165, 1.54) is 65.2 Å². The summed E-state index contributed by atoms with van der Waals surface area (Å²) in [5.41, 5.74) is 11.2. The molecule has 8 atom stereocenters. The monoisotopic (exact) mass is 1210 g/mol. The summed E-state index contributed by atoms with van der Waals surface area (Å²) in [5, 5.41) is 59.0. The second-order valence-electron chi connectivity index (χ2n) is 21.8. The van der Waals surface area contributed by atoms with Crippen LogP contribution in [0.3, 0.4) is 0 Å². The maximum atomic E-state index is 13.5. The van der Waals surface area contributed by atoms with Crippen LogP contribution in [0.4, 0.5) is 0 Å². The normalized spacial score (nSPS) is 13.8. The molecule has 0 aliphatic carbocycles. The first-order valence-electron chi connectivity index (χ1n) is 29.7. The van der Waals surface area contributed by atoms with Gasteiger partial charge in [0.25, 0.3) is 0 Å². The number of nitrogens with one attached hydrogen (secondary N) is 9. The van der Waals surface area contributed by atoms with Crippen molar-refractivity contribution in [2.75, 3.05) is 13.1 Å². The van der Waals surface area contributed by atoms with Crippen molar-refractivity contribution < 1.29 is 87.5 Å². The zero-order valence-electron chi connectivity index (χ0n) is 50.2. The zero-order chi connectivity index (χ0) is 64.4.